The molecule has 1 aromatic carbocycles. The second-order valence-corrected chi connectivity index (χ2v) is 7.51. The number of guanidine groups is 1. The lowest BCUT2D eigenvalue weighted by Gasteiger charge is -2.21. The fraction of sp³-hybridized carbons (Fsp3) is 0.500. The Hall–Kier alpha value is -2.12. The maximum atomic E-state index is 5.68. The van der Waals surface area contributed by atoms with Crippen LogP contribution < -0.4 is 10.1 Å². The summed E-state index contributed by atoms with van der Waals surface area (Å²) in [7, 11) is 5.50. The molecule has 1 atom stereocenters. The zero-order valence-electron chi connectivity index (χ0n) is 17.0. The fourth-order valence-corrected chi connectivity index (χ4v) is 3.37. The van der Waals surface area contributed by atoms with Gasteiger partial charge in [0, 0.05) is 33.1 Å². The van der Waals surface area contributed by atoms with Crippen molar-refractivity contribution in [3.05, 3.63) is 45.9 Å². The van der Waals surface area contributed by atoms with Crippen molar-refractivity contribution in [1.29, 1.82) is 0 Å². The third-order valence-electron chi connectivity index (χ3n) is 3.99. The molecule has 0 amide bonds. The first-order valence-corrected chi connectivity index (χ1v) is 9.95. The first-order chi connectivity index (χ1) is 12.9. The van der Waals surface area contributed by atoms with Gasteiger partial charge in [-0.25, -0.2) is 4.98 Å². The Balaban J connectivity index is 1.89. The summed E-state index contributed by atoms with van der Waals surface area (Å²) in [6.07, 6.45) is 0.202. The summed E-state index contributed by atoms with van der Waals surface area (Å²) < 4.78 is 11.0. The average molecular weight is 391 g/mol. The van der Waals surface area contributed by atoms with Crippen LogP contribution in [-0.2, 0) is 17.8 Å². The zero-order chi connectivity index (χ0) is 19.8. The molecule has 0 saturated heterocycles. The highest BCUT2D eigenvalue weighted by atomic mass is 32.1. The summed E-state index contributed by atoms with van der Waals surface area (Å²) in [4.78, 5) is 11.1. The average Bonchev–Trinajstić information content (AvgIpc) is 3.11. The Morgan fingerprint density at radius 1 is 1.26 bits per heavy atom. The minimum atomic E-state index is 0.0224. The van der Waals surface area contributed by atoms with Crippen LogP contribution in [0.5, 0.6) is 5.75 Å². The predicted octanol–water partition coefficient (Wildman–Crippen LogP) is 3.85. The third kappa shape index (κ3) is 6.52. The molecule has 0 aliphatic rings. The second-order valence-electron chi connectivity index (χ2n) is 6.62. The molecular weight excluding hydrogens is 360 g/mol. The molecule has 148 valence electrons. The van der Waals surface area contributed by atoms with Crippen molar-refractivity contribution in [3.8, 4) is 5.75 Å². The molecule has 6 nitrogen and oxygen atoms in total. The van der Waals surface area contributed by atoms with Gasteiger partial charge in [-0.05, 0) is 38.5 Å². The lowest BCUT2D eigenvalue weighted by atomic mass is 10.2. The van der Waals surface area contributed by atoms with Gasteiger partial charge in [-0.1, -0.05) is 12.1 Å². The van der Waals surface area contributed by atoms with Gasteiger partial charge >= 0.3 is 0 Å². The van der Waals surface area contributed by atoms with Gasteiger partial charge in [-0.3, -0.25) is 4.99 Å². The van der Waals surface area contributed by atoms with Crippen LogP contribution in [0.25, 0.3) is 0 Å². The molecule has 27 heavy (non-hydrogen) atoms. The van der Waals surface area contributed by atoms with E-state index in [9.17, 15) is 0 Å². The number of nitrogens with zero attached hydrogens (tertiary/aromatic N) is 3. The van der Waals surface area contributed by atoms with E-state index in [1.165, 1.54) is 5.56 Å². The van der Waals surface area contributed by atoms with Gasteiger partial charge in [-0.2, -0.15) is 0 Å². The highest BCUT2D eigenvalue weighted by molar-refractivity contribution is 7.09. The molecule has 1 unspecified atom stereocenters. The smallest absolute Gasteiger partial charge is 0.194 e. The van der Waals surface area contributed by atoms with Crippen molar-refractivity contribution < 1.29 is 9.47 Å². The molecule has 0 aliphatic carbocycles. The minimum absolute atomic E-state index is 0.0224. The Labute approximate surface area is 166 Å². The van der Waals surface area contributed by atoms with E-state index in [0.717, 1.165) is 22.4 Å². The van der Waals surface area contributed by atoms with Gasteiger partial charge in [0.2, 0.25) is 0 Å². The van der Waals surface area contributed by atoms with Crippen LogP contribution in [0.1, 0.15) is 43.1 Å². The molecule has 2 rings (SSSR count). The van der Waals surface area contributed by atoms with Crippen LogP contribution in [0.4, 0.5) is 0 Å². The molecule has 7 heteroatoms. The van der Waals surface area contributed by atoms with Crippen LogP contribution in [0.2, 0.25) is 0 Å². The Morgan fingerprint density at radius 3 is 2.56 bits per heavy atom. The van der Waals surface area contributed by atoms with E-state index >= 15 is 0 Å². The van der Waals surface area contributed by atoms with Crippen LogP contribution in [0.3, 0.4) is 0 Å². The van der Waals surface area contributed by atoms with E-state index in [4.69, 9.17) is 9.47 Å². The Kier molecular flexibility index (Phi) is 8.06. The number of hydrogen-bond acceptors (Lipinski definition) is 5. The molecule has 0 bridgehead atoms. The number of thiazole rings is 1. The third-order valence-corrected chi connectivity index (χ3v) is 5.04. The van der Waals surface area contributed by atoms with Crippen molar-refractivity contribution in [2.45, 2.75) is 46.1 Å². The van der Waals surface area contributed by atoms with E-state index in [-0.39, 0.29) is 12.2 Å². The maximum absolute atomic E-state index is 5.68. The number of aromatic nitrogens is 1. The van der Waals surface area contributed by atoms with E-state index in [2.05, 4.69) is 37.7 Å². The standard InChI is InChI=1S/C20H30N4O2S/c1-14(2)26-18-9-7-16(8-10-18)11-22-20(21-4)24(5)12-17-13-27-19(23-17)15(3)25-6/h7-10,13-15H,11-12H2,1-6H3,(H,21,22). The summed E-state index contributed by atoms with van der Waals surface area (Å²) in [6, 6.07) is 8.13. The largest absolute Gasteiger partial charge is 0.491 e. The minimum Gasteiger partial charge on any atom is -0.491 e. The van der Waals surface area contributed by atoms with Gasteiger partial charge in [0.25, 0.3) is 0 Å². The summed E-state index contributed by atoms with van der Waals surface area (Å²) >= 11 is 1.62. The van der Waals surface area contributed by atoms with Crippen LogP contribution >= 0.6 is 11.3 Å². The van der Waals surface area contributed by atoms with E-state index < -0.39 is 0 Å². The number of methoxy groups -OCH3 is 1. The fourth-order valence-electron chi connectivity index (χ4n) is 2.52. The number of hydrogen-bond donors (Lipinski definition) is 1. The summed E-state index contributed by atoms with van der Waals surface area (Å²) in [5, 5.41) is 6.46. The van der Waals surface area contributed by atoms with Crippen LogP contribution in [0.15, 0.2) is 34.6 Å². The van der Waals surface area contributed by atoms with Crippen molar-refractivity contribution in [2.24, 2.45) is 4.99 Å². The predicted molar refractivity (Wildman–Crippen MR) is 111 cm³/mol. The maximum Gasteiger partial charge on any atom is 0.194 e. The zero-order valence-corrected chi connectivity index (χ0v) is 17.8. The van der Waals surface area contributed by atoms with Gasteiger partial charge in [-0.15, -0.1) is 11.3 Å². The second kappa shape index (κ2) is 10.3. The van der Waals surface area contributed by atoms with Crippen LogP contribution in [0, 0.1) is 0 Å². The number of aliphatic imine (C=N–C) groups is 1. The van der Waals surface area contributed by atoms with Gasteiger partial charge in [0.15, 0.2) is 5.96 Å². The molecule has 1 aromatic heterocycles. The highest BCUT2D eigenvalue weighted by Crippen LogP contribution is 2.21. The number of nitrogens with one attached hydrogen (secondary N) is 1. The number of ether oxygens (including phenoxy) is 2. The molecule has 0 radical (unpaired) electrons. The van der Waals surface area contributed by atoms with E-state index in [1.54, 1.807) is 25.5 Å². The van der Waals surface area contributed by atoms with Crippen molar-refractivity contribution in [3.63, 3.8) is 0 Å². The number of benzene rings is 1. The van der Waals surface area contributed by atoms with Gasteiger partial charge in [0.05, 0.1) is 18.3 Å². The molecule has 1 N–H and O–H groups in total. The Bertz CT molecular complexity index is 728. The summed E-state index contributed by atoms with van der Waals surface area (Å²) in [6.45, 7) is 7.44. The summed E-state index contributed by atoms with van der Waals surface area (Å²) in [5.74, 6) is 1.71. The van der Waals surface area contributed by atoms with E-state index in [0.29, 0.717) is 13.1 Å². The molecule has 0 spiro atoms. The molecule has 0 fully saturated rings. The molecule has 1 heterocycles. The molecule has 0 aliphatic heterocycles. The monoisotopic (exact) mass is 390 g/mol. The topological polar surface area (TPSA) is 59.0 Å². The first kappa shape index (κ1) is 21.2. The van der Waals surface area contributed by atoms with Crippen LogP contribution in [-0.4, -0.2) is 43.2 Å². The normalized spacial score (nSPS) is 12.9. The highest BCUT2D eigenvalue weighted by Gasteiger charge is 2.12. The SMILES string of the molecule is CN=C(NCc1ccc(OC(C)C)cc1)N(C)Cc1csc(C(C)OC)n1. The number of rotatable bonds is 8. The first-order valence-electron chi connectivity index (χ1n) is 9.07. The van der Waals surface area contributed by atoms with Gasteiger partial charge in [0.1, 0.15) is 16.9 Å². The molecule has 0 saturated carbocycles. The van der Waals surface area contributed by atoms with Crippen molar-refractivity contribution in [1.82, 2.24) is 15.2 Å². The lowest BCUT2D eigenvalue weighted by molar-refractivity contribution is 0.119. The van der Waals surface area contributed by atoms with Gasteiger partial charge < -0.3 is 19.7 Å². The van der Waals surface area contributed by atoms with E-state index in [1.807, 2.05) is 40.0 Å². The molecule has 2 aromatic rings. The lowest BCUT2D eigenvalue weighted by Crippen LogP contribution is -2.38. The molecular formula is C20H30N4O2S. The van der Waals surface area contributed by atoms with Crippen molar-refractivity contribution >= 4 is 17.3 Å². The Morgan fingerprint density at radius 2 is 1.96 bits per heavy atom. The van der Waals surface area contributed by atoms with Crippen molar-refractivity contribution in [2.75, 3.05) is 21.2 Å². The quantitative estimate of drug-likeness (QED) is 0.548. The summed E-state index contributed by atoms with van der Waals surface area (Å²) in [5.41, 5.74) is 2.19.